The van der Waals surface area contributed by atoms with Crippen LogP contribution in [0, 0.1) is 6.92 Å². The third-order valence-corrected chi connectivity index (χ3v) is 1.34. The van der Waals surface area contributed by atoms with Crippen molar-refractivity contribution in [3.63, 3.8) is 0 Å². The fourth-order valence-electron chi connectivity index (χ4n) is 0.735. The molecule has 0 aromatic carbocycles. The fourth-order valence-corrected chi connectivity index (χ4v) is 0.735. The van der Waals surface area contributed by atoms with Gasteiger partial charge in [0.05, 0.1) is 5.56 Å². The maximum atomic E-state index is 10.8. The number of rotatable bonds is 1. The van der Waals surface area contributed by atoms with Gasteiger partial charge in [0.2, 0.25) is 0 Å². The minimum absolute atomic E-state index is 0.211. The van der Waals surface area contributed by atoms with Crippen molar-refractivity contribution in [2.24, 2.45) is 0 Å². The van der Waals surface area contributed by atoms with Gasteiger partial charge in [0, 0.05) is 6.20 Å². The van der Waals surface area contributed by atoms with Gasteiger partial charge in [-0.1, -0.05) is 0 Å². The molecule has 10 heavy (non-hydrogen) atoms. The van der Waals surface area contributed by atoms with Crippen LogP contribution in [0.4, 0.5) is 0 Å². The zero-order valence-electron chi connectivity index (χ0n) is 5.55. The van der Waals surface area contributed by atoms with E-state index in [1.165, 1.54) is 6.20 Å². The number of aromatic nitrogens is 1. The minimum Gasteiger partial charge on any atom is -0.328 e. The SMILES string of the molecule is Cc1cc[nH]c(=O)c1C=O. The van der Waals surface area contributed by atoms with Gasteiger partial charge in [-0.15, -0.1) is 0 Å². The highest BCUT2D eigenvalue weighted by Crippen LogP contribution is 1.94. The van der Waals surface area contributed by atoms with Crippen molar-refractivity contribution < 1.29 is 4.79 Å². The molecule has 1 aromatic rings. The number of carbonyl (C=O) groups excluding carboxylic acids is 1. The maximum absolute atomic E-state index is 10.8. The second-order valence-corrected chi connectivity index (χ2v) is 2.02. The zero-order chi connectivity index (χ0) is 7.56. The van der Waals surface area contributed by atoms with Crippen LogP contribution in [0.3, 0.4) is 0 Å². The van der Waals surface area contributed by atoms with Crippen molar-refractivity contribution in [1.29, 1.82) is 0 Å². The predicted molar refractivity (Wildman–Crippen MR) is 37.2 cm³/mol. The topological polar surface area (TPSA) is 49.9 Å². The summed E-state index contributed by atoms with van der Waals surface area (Å²) >= 11 is 0. The van der Waals surface area contributed by atoms with Crippen molar-refractivity contribution in [3.8, 4) is 0 Å². The van der Waals surface area contributed by atoms with Gasteiger partial charge in [0.25, 0.3) is 5.56 Å². The van der Waals surface area contributed by atoms with Crippen molar-refractivity contribution in [3.05, 3.63) is 33.7 Å². The minimum atomic E-state index is -0.324. The molecule has 0 amide bonds. The van der Waals surface area contributed by atoms with Gasteiger partial charge in [0.15, 0.2) is 6.29 Å². The van der Waals surface area contributed by atoms with Crippen LogP contribution in [0.15, 0.2) is 17.1 Å². The van der Waals surface area contributed by atoms with Crippen molar-refractivity contribution >= 4 is 6.29 Å². The van der Waals surface area contributed by atoms with Crippen LogP contribution in [0.25, 0.3) is 0 Å². The Morgan fingerprint density at radius 1 is 1.60 bits per heavy atom. The second-order valence-electron chi connectivity index (χ2n) is 2.02. The summed E-state index contributed by atoms with van der Waals surface area (Å²) in [5.74, 6) is 0. The molecule has 0 saturated carbocycles. The summed E-state index contributed by atoms with van der Waals surface area (Å²) in [6.45, 7) is 1.72. The molecule has 0 unspecified atom stereocenters. The van der Waals surface area contributed by atoms with E-state index in [1.54, 1.807) is 13.0 Å². The van der Waals surface area contributed by atoms with E-state index < -0.39 is 0 Å². The third-order valence-electron chi connectivity index (χ3n) is 1.34. The number of aromatic amines is 1. The van der Waals surface area contributed by atoms with E-state index in [0.29, 0.717) is 11.8 Å². The molecule has 1 aromatic heterocycles. The molecule has 0 fully saturated rings. The van der Waals surface area contributed by atoms with E-state index in [0.717, 1.165) is 0 Å². The number of nitrogens with one attached hydrogen (secondary N) is 1. The molecule has 0 aliphatic carbocycles. The Kier molecular flexibility index (Phi) is 1.67. The number of aryl methyl sites for hydroxylation is 1. The van der Waals surface area contributed by atoms with E-state index in [1.807, 2.05) is 0 Å². The lowest BCUT2D eigenvalue weighted by Crippen LogP contribution is -2.12. The number of H-pyrrole nitrogens is 1. The van der Waals surface area contributed by atoms with Crippen LogP contribution >= 0.6 is 0 Å². The standard InChI is InChI=1S/C7H7NO2/c1-5-2-3-8-7(10)6(5)4-9/h2-4H,1H3,(H,8,10). The van der Waals surface area contributed by atoms with Gasteiger partial charge >= 0.3 is 0 Å². The summed E-state index contributed by atoms with van der Waals surface area (Å²) < 4.78 is 0. The van der Waals surface area contributed by atoms with E-state index >= 15 is 0 Å². The molecule has 1 heterocycles. The largest absolute Gasteiger partial charge is 0.328 e. The van der Waals surface area contributed by atoms with E-state index in [9.17, 15) is 9.59 Å². The Bertz CT molecular complexity index is 301. The average Bonchev–Trinajstić information content (AvgIpc) is 1.88. The Morgan fingerprint density at radius 3 is 2.70 bits per heavy atom. The lowest BCUT2D eigenvalue weighted by atomic mass is 10.2. The van der Waals surface area contributed by atoms with Gasteiger partial charge in [0.1, 0.15) is 0 Å². The smallest absolute Gasteiger partial charge is 0.258 e. The van der Waals surface area contributed by atoms with Gasteiger partial charge < -0.3 is 4.98 Å². The van der Waals surface area contributed by atoms with Gasteiger partial charge in [-0.3, -0.25) is 9.59 Å². The van der Waals surface area contributed by atoms with Gasteiger partial charge in [-0.05, 0) is 18.6 Å². The highest BCUT2D eigenvalue weighted by Gasteiger charge is 1.98. The van der Waals surface area contributed by atoms with Crippen molar-refractivity contribution in [2.45, 2.75) is 6.92 Å². The number of aldehydes is 1. The van der Waals surface area contributed by atoms with Crippen LogP contribution in [-0.4, -0.2) is 11.3 Å². The van der Waals surface area contributed by atoms with E-state index in [-0.39, 0.29) is 11.1 Å². The number of carbonyl (C=O) groups is 1. The highest BCUT2D eigenvalue weighted by molar-refractivity contribution is 5.76. The summed E-state index contributed by atoms with van der Waals surface area (Å²) in [7, 11) is 0. The molecule has 1 N–H and O–H groups in total. The maximum Gasteiger partial charge on any atom is 0.258 e. The highest BCUT2D eigenvalue weighted by atomic mass is 16.1. The zero-order valence-corrected chi connectivity index (χ0v) is 5.55. The summed E-state index contributed by atoms with van der Waals surface area (Å²) in [6, 6.07) is 1.69. The van der Waals surface area contributed by atoms with Crippen molar-refractivity contribution in [2.75, 3.05) is 0 Å². The van der Waals surface area contributed by atoms with Gasteiger partial charge in [-0.2, -0.15) is 0 Å². The monoisotopic (exact) mass is 137 g/mol. The molecule has 0 aliphatic rings. The third kappa shape index (κ3) is 0.978. The molecular weight excluding hydrogens is 130 g/mol. The van der Waals surface area contributed by atoms with E-state index in [2.05, 4.69) is 4.98 Å². The summed E-state index contributed by atoms with van der Waals surface area (Å²) in [4.78, 5) is 23.4. The molecule has 0 atom stereocenters. The second kappa shape index (κ2) is 2.47. The number of hydrogen-bond donors (Lipinski definition) is 1. The first kappa shape index (κ1) is 6.74. The lowest BCUT2D eigenvalue weighted by molar-refractivity contribution is 0.112. The molecule has 0 bridgehead atoms. The van der Waals surface area contributed by atoms with Crippen LogP contribution in [0.5, 0.6) is 0 Å². The average molecular weight is 137 g/mol. The quantitative estimate of drug-likeness (QED) is 0.573. The Morgan fingerprint density at radius 2 is 2.30 bits per heavy atom. The molecule has 3 heteroatoms. The normalized spacial score (nSPS) is 9.30. The first-order chi connectivity index (χ1) is 4.75. The molecule has 0 saturated heterocycles. The van der Waals surface area contributed by atoms with Crippen LogP contribution < -0.4 is 5.56 Å². The number of pyridine rings is 1. The Labute approximate surface area is 57.7 Å². The summed E-state index contributed by atoms with van der Waals surface area (Å²) in [5, 5.41) is 0. The molecule has 1 rings (SSSR count). The predicted octanol–water partition coefficient (Wildman–Crippen LogP) is 0.496. The summed E-state index contributed by atoms with van der Waals surface area (Å²) in [6.07, 6.45) is 2.08. The van der Waals surface area contributed by atoms with Gasteiger partial charge in [-0.25, -0.2) is 0 Å². The van der Waals surface area contributed by atoms with Crippen LogP contribution in [-0.2, 0) is 0 Å². The first-order valence-corrected chi connectivity index (χ1v) is 2.89. The Balaban J connectivity index is 3.45. The lowest BCUT2D eigenvalue weighted by Gasteiger charge is -1.92. The molecule has 3 nitrogen and oxygen atoms in total. The van der Waals surface area contributed by atoms with E-state index in [4.69, 9.17) is 0 Å². The van der Waals surface area contributed by atoms with Crippen LogP contribution in [0.2, 0.25) is 0 Å². The fraction of sp³-hybridized carbons (Fsp3) is 0.143. The van der Waals surface area contributed by atoms with Crippen LogP contribution in [0.1, 0.15) is 15.9 Å². The number of hydrogen-bond acceptors (Lipinski definition) is 2. The molecule has 52 valence electrons. The summed E-state index contributed by atoms with van der Waals surface area (Å²) in [5.41, 5.74) is 0.594. The molecule has 0 aliphatic heterocycles. The van der Waals surface area contributed by atoms with Crippen molar-refractivity contribution in [1.82, 2.24) is 4.98 Å². The molecule has 0 spiro atoms. The first-order valence-electron chi connectivity index (χ1n) is 2.89. The molecular formula is C7H7NO2. The molecule has 0 radical (unpaired) electrons. The Hall–Kier alpha value is -1.38.